The van der Waals surface area contributed by atoms with Crippen LogP contribution in [0, 0.1) is 6.92 Å². The Morgan fingerprint density at radius 2 is 2.00 bits per heavy atom. The van der Waals surface area contributed by atoms with Crippen molar-refractivity contribution in [3.63, 3.8) is 0 Å². The normalized spacial score (nSPS) is 10.6. The molecule has 4 heteroatoms. The quantitative estimate of drug-likeness (QED) is 0.638. The average Bonchev–Trinajstić information content (AvgIpc) is 2.78. The molecule has 0 radical (unpaired) electrons. The Labute approximate surface area is 106 Å². The van der Waals surface area contributed by atoms with Crippen molar-refractivity contribution in [3.8, 4) is 0 Å². The Bertz CT molecular complexity index is 678. The van der Waals surface area contributed by atoms with E-state index >= 15 is 0 Å². The van der Waals surface area contributed by atoms with Gasteiger partial charge in [-0.2, -0.15) is 0 Å². The molecular formula is C13H14ClN3. The van der Waals surface area contributed by atoms with Crippen molar-refractivity contribution >= 4 is 29.2 Å². The Kier molecular flexibility index (Phi) is 2.94. The van der Waals surface area contributed by atoms with Gasteiger partial charge in [0.2, 0.25) is 5.78 Å². The van der Waals surface area contributed by atoms with Crippen molar-refractivity contribution in [1.29, 1.82) is 0 Å². The van der Waals surface area contributed by atoms with Crippen LogP contribution >= 0.6 is 12.4 Å². The molecule has 0 N–H and O–H groups in total. The van der Waals surface area contributed by atoms with Gasteiger partial charge in [-0.1, -0.05) is 18.2 Å². The van der Waals surface area contributed by atoms with Gasteiger partial charge in [0.25, 0.3) is 0 Å². The van der Waals surface area contributed by atoms with Gasteiger partial charge in [-0.05, 0) is 19.1 Å². The number of benzene rings is 1. The van der Waals surface area contributed by atoms with E-state index < -0.39 is 0 Å². The molecular weight excluding hydrogens is 234 g/mol. The molecule has 0 amide bonds. The summed E-state index contributed by atoms with van der Waals surface area (Å²) in [6.45, 7) is 6.60. The summed E-state index contributed by atoms with van der Waals surface area (Å²) in [4.78, 5) is 4.55. The zero-order valence-electron chi connectivity index (χ0n) is 9.63. The van der Waals surface area contributed by atoms with Gasteiger partial charge in [0, 0.05) is 12.7 Å². The molecule has 3 rings (SSSR count). The van der Waals surface area contributed by atoms with Crippen LogP contribution in [0.25, 0.3) is 16.8 Å². The average molecular weight is 248 g/mol. The van der Waals surface area contributed by atoms with E-state index in [1.807, 2.05) is 19.1 Å². The number of aromatic nitrogens is 3. The van der Waals surface area contributed by atoms with Crippen LogP contribution in [-0.4, -0.2) is 14.0 Å². The van der Waals surface area contributed by atoms with E-state index in [2.05, 4.69) is 44.9 Å². The van der Waals surface area contributed by atoms with Crippen molar-refractivity contribution in [3.05, 3.63) is 48.8 Å². The molecule has 0 unspecified atom stereocenters. The standard InChI is InChI=1S/C13H13N3.ClH/c1-3-8-15-11-6-4-5-7-12(11)16-9-10(2)14-13(15)16;/h3-7,9H,1,8H2,2H3;1H. The van der Waals surface area contributed by atoms with Crippen LogP contribution in [-0.2, 0) is 6.54 Å². The van der Waals surface area contributed by atoms with Crippen molar-refractivity contribution in [2.24, 2.45) is 0 Å². The van der Waals surface area contributed by atoms with E-state index in [1.54, 1.807) is 0 Å². The Hall–Kier alpha value is -1.74. The predicted octanol–water partition coefficient (Wildman–Crippen LogP) is 3.21. The number of hydrogen-bond donors (Lipinski definition) is 0. The van der Waals surface area contributed by atoms with E-state index in [0.29, 0.717) is 0 Å². The maximum Gasteiger partial charge on any atom is 0.215 e. The first-order valence-corrected chi connectivity index (χ1v) is 5.35. The Morgan fingerprint density at radius 3 is 2.71 bits per heavy atom. The number of fused-ring (bicyclic) bond motifs is 3. The van der Waals surface area contributed by atoms with Crippen LogP contribution in [0.5, 0.6) is 0 Å². The number of aryl methyl sites for hydroxylation is 1. The van der Waals surface area contributed by atoms with Crippen molar-refractivity contribution in [1.82, 2.24) is 14.0 Å². The molecule has 2 aromatic heterocycles. The van der Waals surface area contributed by atoms with E-state index in [-0.39, 0.29) is 12.4 Å². The highest BCUT2D eigenvalue weighted by Gasteiger charge is 2.10. The highest BCUT2D eigenvalue weighted by molar-refractivity contribution is 5.85. The third-order valence-corrected chi connectivity index (χ3v) is 2.79. The van der Waals surface area contributed by atoms with Crippen molar-refractivity contribution in [2.45, 2.75) is 13.5 Å². The lowest BCUT2D eigenvalue weighted by molar-refractivity contribution is 0.872. The monoisotopic (exact) mass is 247 g/mol. The minimum atomic E-state index is 0. The van der Waals surface area contributed by atoms with E-state index in [9.17, 15) is 0 Å². The van der Waals surface area contributed by atoms with Gasteiger partial charge in [-0.3, -0.25) is 4.40 Å². The largest absolute Gasteiger partial charge is 0.306 e. The van der Waals surface area contributed by atoms with Gasteiger partial charge in [-0.25, -0.2) is 4.98 Å². The maximum absolute atomic E-state index is 4.55. The van der Waals surface area contributed by atoms with E-state index in [1.165, 1.54) is 11.0 Å². The molecule has 17 heavy (non-hydrogen) atoms. The minimum Gasteiger partial charge on any atom is -0.306 e. The second kappa shape index (κ2) is 4.26. The van der Waals surface area contributed by atoms with Gasteiger partial charge < -0.3 is 4.57 Å². The Balaban J connectivity index is 0.00000108. The molecule has 0 atom stereocenters. The third kappa shape index (κ3) is 1.63. The SMILES string of the molecule is C=CCn1c2ccccc2n2cc(C)nc12.Cl. The molecule has 0 saturated carbocycles. The van der Waals surface area contributed by atoms with Crippen LogP contribution in [0.4, 0.5) is 0 Å². The number of halogens is 1. The van der Waals surface area contributed by atoms with Crippen LogP contribution in [0.2, 0.25) is 0 Å². The van der Waals surface area contributed by atoms with Gasteiger partial charge in [0.1, 0.15) is 0 Å². The maximum atomic E-state index is 4.55. The van der Waals surface area contributed by atoms with Crippen LogP contribution in [0.1, 0.15) is 5.69 Å². The number of para-hydroxylation sites is 2. The summed E-state index contributed by atoms with van der Waals surface area (Å²) >= 11 is 0. The molecule has 0 aliphatic carbocycles. The number of hydrogen-bond acceptors (Lipinski definition) is 1. The van der Waals surface area contributed by atoms with Crippen LogP contribution in [0.3, 0.4) is 0 Å². The summed E-state index contributed by atoms with van der Waals surface area (Å²) < 4.78 is 4.31. The third-order valence-electron chi connectivity index (χ3n) is 2.79. The zero-order chi connectivity index (χ0) is 11.1. The summed E-state index contributed by atoms with van der Waals surface area (Å²) in [6, 6.07) is 8.33. The summed E-state index contributed by atoms with van der Waals surface area (Å²) in [5.41, 5.74) is 3.43. The number of allylic oxidation sites excluding steroid dienone is 1. The first-order valence-electron chi connectivity index (χ1n) is 5.35. The molecule has 3 nitrogen and oxygen atoms in total. The summed E-state index contributed by atoms with van der Waals surface area (Å²) in [5, 5.41) is 0. The van der Waals surface area contributed by atoms with Crippen molar-refractivity contribution in [2.75, 3.05) is 0 Å². The molecule has 0 bridgehead atoms. The van der Waals surface area contributed by atoms with Gasteiger partial charge in [-0.15, -0.1) is 19.0 Å². The lowest BCUT2D eigenvalue weighted by atomic mass is 10.3. The number of nitrogens with zero attached hydrogens (tertiary/aromatic N) is 3. The molecule has 88 valence electrons. The van der Waals surface area contributed by atoms with Crippen molar-refractivity contribution < 1.29 is 0 Å². The van der Waals surface area contributed by atoms with E-state index in [0.717, 1.165) is 18.0 Å². The highest BCUT2D eigenvalue weighted by atomic mass is 35.5. The first kappa shape index (κ1) is 11.7. The molecule has 0 saturated heterocycles. The van der Waals surface area contributed by atoms with Crippen LogP contribution in [0.15, 0.2) is 43.1 Å². The fraction of sp³-hybridized carbons (Fsp3) is 0.154. The zero-order valence-corrected chi connectivity index (χ0v) is 10.4. The van der Waals surface area contributed by atoms with Gasteiger partial charge in [0.05, 0.1) is 16.7 Å². The van der Waals surface area contributed by atoms with Gasteiger partial charge >= 0.3 is 0 Å². The van der Waals surface area contributed by atoms with E-state index in [4.69, 9.17) is 0 Å². The van der Waals surface area contributed by atoms with Crippen LogP contribution < -0.4 is 0 Å². The summed E-state index contributed by atoms with van der Waals surface area (Å²) in [5.74, 6) is 0.985. The second-order valence-corrected chi connectivity index (χ2v) is 3.94. The smallest absolute Gasteiger partial charge is 0.215 e. The first-order chi connectivity index (χ1) is 7.81. The lowest BCUT2D eigenvalue weighted by Crippen LogP contribution is -1.95. The summed E-state index contributed by atoms with van der Waals surface area (Å²) in [6.07, 6.45) is 3.97. The second-order valence-electron chi connectivity index (χ2n) is 3.94. The fourth-order valence-corrected chi connectivity index (χ4v) is 2.17. The Morgan fingerprint density at radius 1 is 1.29 bits per heavy atom. The molecule has 0 spiro atoms. The molecule has 0 aliphatic rings. The molecule has 0 fully saturated rings. The predicted molar refractivity (Wildman–Crippen MR) is 72.9 cm³/mol. The topological polar surface area (TPSA) is 22.2 Å². The number of rotatable bonds is 2. The van der Waals surface area contributed by atoms with Gasteiger partial charge in [0.15, 0.2) is 0 Å². The number of imidazole rings is 2. The summed E-state index contributed by atoms with van der Waals surface area (Å²) in [7, 11) is 0. The highest BCUT2D eigenvalue weighted by Crippen LogP contribution is 2.20. The lowest BCUT2D eigenvalue weighted by Gasteiger charge is -1.99. The molecule has 0 aliphatic heterocycles. The fourth-order valence-electron chi connectivity index (χ4n) is 2.17. The molecule has 1 aromatic carbocycles. The molecule has 3 aromatic rings. The minimum absolute atomic E-state index is 0. The molecule has 2 heterocycles.